The molecule has 3 rings (SSSR count). The molecule has 0 heterocycles. The van der Waals surface area contributed by atoms with E-state index in [1.54, 1.807) is 24.3 Å². The first-order chi connectivity index (χ1) is 12.0. The molecule has 8 heteroatoms. The van der Waals surface area contributed by atoms with Crippen molar-refractivity contribution in [1.29, 1.82) is 0 Å². The van der Waals surface area contributed by atoms with Crippen molar-refractivity contribution in [3.05, 3.63) is 68.7 Å². The average Bonchev–Trinajstić information content (AvgIpc) is 3.39. The lowest BCUT2D eigenvalue weighted by atomic mass is 10.1. The Morgan fingerprint density at radius 2 is 1.80 bits per heavy atom. The van der Waals surface area contributed by atoms with Gasteiger partial charge in [0.15, 0.2) is 0 Å². The Bertz CT molecular complexity index is 865. The molecule has 1 aliphatic carbocycles. The lowest BCUT2D eigenvalue weighted by Crippen LogP contribution is -2.27. The molecule has 0 aliphatic heterocycles. The molecular formula is C17H14ClN3O4. The zero-order valence-electron chi connectivity index (χ0n) is 13.0. The van der Waals surface area contributed by atoms with Crippen molar-refractivity contribution in [2.24, 2.45) is 0 Å². The van der Waals surface area contributed by atoms with Gasteiger partial charge in [-0.05, 0) is 31.0 Å². The molecular weight excluding hydrogens is 346 g/mol. The van der Waals surface area contributed by atoms with Crippen LogP contribution in [0.1, 0.15) is 33.6 Å². The summed E-state index contributed by atoms with van der Waals surface area (Å²) in [6, 6.07) is 10.4. The van der Waals surface area contributed by atoms with E-state index in [1.165, 1.54) is 12.1 Å². The van der Waals surface area contributed by atoms with Crippen LogP contribution in [0, 0.1) is 10.1 Å². The Kier molecular flexibility index (Phi) is 4.67. The molecule has 1 aliphatic rings. The molecule has 2 aromatic carbocycles. The Morgan fingerprint density at radius 1 is 1.08 bits per heavy atom. The number of hydrogen-bond donors (Lipinski definition) is 2. The number of carbonyl (C=O) groups excluding carboxylic acids is 2. The first kappa shape index (κ1) is 16.9. The molecule has 0 saturated heterocycles. The largest absolute Gasteiger partial charge is 0.349 e. The Hall–Kier alpha value is -2.93. The minimum absolute atomic E-state index is 0.0340. The molecule has 0 radical (unpaired) electrons. The summed E-state index contributed by atoms with van der Waals surface area (Å²) >= 11 is 5.98. The highest BCUT2D eigenvalue weighted by Crippen LogP contribution is 2.25. The number of benzene rings is 2. The van der Waals surface area contributed by atoms with E-state index in [1.807, 2.05) is 0 Å². The molecule has 128 valence electrons. The highest BCUT2D eigenvalue weighted by atomic mass is 35.5. The van der Waals surface area contributed by atoms with Crippen molar-refractivity contribution in [3.63, 3.8) is 0 Å². The van der Waals surface area contributed by atoms with E-state index < -0.39 is 10.8 Å². The highest BCUT2D eigenvalue weighted by molar-refractivity contribution is 6.34. The van der Waals surface area contributed by atoms with Gasteiger partial charge in [0, 0.05) is 18.2 Å². The summed E-state index contributed by atoms with van der Waals surface area (Å²) in [5.74, 6) is -0.899. The van der Waals surface area contributed by atoms with Crippen LogP contribution in [0.15, 0.2) is 42.5 Å². The summed E-state index contributed by atoms with van der Waals surface area (Å²) in [6.45, 7) is 0. The van der Waals surface area contributed by atoms with Gasteiger partial charge in [0.25, 0.3) is 17.5 Å². The Balaban J connectivity index is 1.85. The predicted octanol–water partition coefficient (Wildman–Crippen LogP) is 3.39. The molecule has 7 nitrogen and oxygen atoms in total. The van der Waals surface area contributed by atoms with Gasteiger partial charge in [0.05, 0.1) is 26.8 Å². The highest BCUT2D eigenvalue weighted by Gasteiger charge is 2.25. The summed E-state index contributed by atoms with van der Waals surface area (Å²) in [5, 5.41) is 16.4. The number of amides is 2. The fourth-order valence-corrected chi connectivity index (χ4v) is 2.47. The number of anilines is 1. The van der Waals surface area contributed by atoms with Crippen molar-refractivity contribution in [1.82, 2.24) is 5.32 Å². The maximum absolute atomic E-state index is 12.5. The van der Waals surface area contributed by atoms with E-state index in [2.05, 4.69) is 10.6 Å². The molecule has 0 spiro atoms. The molecule has 25 heavy (non-hydrogen) atoms. The summed E-state index contributed by atoms with van der Waals surface area (Å²) in [7, 11) is 0. The van der Waals surface area contributed by atoms with Crippen LogP contribution in [-0.4, -0.2) is 22.8 Å². The average molecular weight is 360 g/mol. The van der Waals surface area contributed by atoms with Gasteiger partial charge in [-0.25, -0.2) is 0 Å². The quantitative estimate of drug-likeness (QED) is 0.631. The van der Waals surface area contributed by atoms with E-state index in [-0.39, 0.29) is 28.2 Å². The zero-order valence-corrected chi connectivity index (χ0v) is 13.7. The number of nitro groups is 1. The third-order valence-electron chi connectivity index (χ3n) is 3.74. The van der Waals surface area contributed by atoms with Crippen LogP contribution in [0.5, 0.6) is 0 Å². The summed E-state index contributed by atoms with van der Waals surface area (Å²) < 4.78 is 0. The lowest BCUT2D eigenvalue weighted by molar-refractivity contribution is -0.384. The van der Waals surface area contributed by atoms with Crippen LogP contribution in [0.3, 0.4) is 0 Å². The fourth-order valence-electron chi connectivity index (χ4n) is 2.27. The van der Waals surface area contributed by atoms with E-state index >= 15 is 0 Å². The second-order valence-electron chi connectivity index (χ2n) is 5.67. The molecule has 2 N–H and O–H groups in total. The van der Waals surface area contributed by atoms with Crippen molar-refractivity contribution in [2.75, 3.05) is 5.32 Å². The molecule has 0 aromatic heterocycles. The number of nitrogens with zero attached hydrogens (tertiary/aromatic N) is 1. The third-order valence-corrected chi connectivity index (χ3v) is 4.07. The van der Waals surface area contributed by atoms with E-state index in [9.17, 15) is 19.7 Å². The standard InChI is InChI=1S/C17H14ClN3O4/c18-14-8-7-11(21(24)25)9-13(14)17(23)20-15-4-2-1-3-12(15)16(22)19-10-5-6-10/h1-4,7-10H,5-6H2,(H,19,22)(H,20,23). The van der Waals surface area contributed by atoms with Crippen LogP contribution in [0.2, 0.25) is 5.02 Å². The molecule has 0 unspecified atom stereocenters. The summed E-state index contributed by atoms with van der Waals surface area (Å²) in [6.07, 6.45) is 1.90. The summed E-state index contributed by atoms with van der Waals surface area (Å²) in [4.78, 5) is 35.0. The van der Waals surface area contributed by atoms with Gasteiger partial charge in [-0.3, -0.25) is 19.7 Å². The number of halogens is 1. The second-order valence-corrected chi connectivity index (χ2v) is 6.08. The smallest absolute Gasteiger partial charge is 0.270 e. The monoisotopic (exact) mass is 359 g/mol. The zero-order chi connectivity index (χ0) is 18.0. The Labute approximate surface area is 148 Å². The van der Waals surface area contributed by atoms with Gasteiger partial charge in [-0.15, -0.1) is 0 Å². The second kappa shape index (κ2) is 6.90. The van der Waals surface area contributed by atoms with Crippen molar-refractivity contribution < 1.29 is 14.5 Å². The van der Waals surface area contributed by atoms with Gasteiger partial charge < -0.3 is 10.6 Å². The SMILES string of the molecule is O=C(Nc1ccccc1C(=O)NC1CC1)c1cc([N+](=O)[O-])ccc1Cl. The van der Waals surface area contributed by atoms with Crippen LogP contribution >= 0.6 is 11.6 Å². The number of nitro benzene ring substituents is 1. The van der Waals surface area contributed by atoms with Gasteiger partial charge in [0.2, 0.25) is 0 Å². The topological polar surface area (TPSA) is 101 Å². The third kappa shape index (κ3) is 3.95. The predicted molar refractivity (Wildman–Crippen MR) is 93.0 cm³/mol. The van der Waals surface area contributed by atoms with E-state index in [0.29, 0.717) is 11.3 Å². The van der Waals surface area contributed by atoms with Gasteiger partial charge in [-0.1, -0.05) is 23.7 Å². The molecule has 2 amide bonds. The van der Waals surface area contributed by atoms with Gasteiger partial charge >= 0.3 is 0 Å². The van der Waals surface area contributed by atoms with Crippen molar-refractivity contribution >= 4 is 34.8 Å². The maximum atomic E-state index is 12.5. The molecule has 0 atom stereocenters. The minimum Gasteiger partial charge on any atom is -0.349 e. The number of carbonyl (C=O) groups is 2. The molecule has 1 fully saturated rings. The molecule has 0 bridgehead atoms. The normalized spacial score (nSPS) is 13.2. The van der Waals surface area contributed by atoms with Crippen LogP contribution in [0.4, 0.5) is 11.4 Å². The molecule has 1 saturated carbocycles. The number of nitrogens with one attached hydrogen (secondary N) is 2. The number of hydrogen-bond acceptors (Lipinski definition) is 4. The maximum Gasteiger partial charge on any atom is 0.270 e. The summed E-state index contributed by atoms with van der Waals surface area (Å²) in [5.41, 5.74) is 0.361. The van der Waals surface area contributed by atoms with Crippen LogP contribution in [-0.2, 0) is 0 Å². The molecule has 2 aromatic rings. The first-order valence-electron chi connectivity index (χ1n) is 7.61. The Morgan fingerprint density at radius 3 is 2.48 bits per heavy atom. The fraction of sp³-hybridized carbons (Fsp3) is 0.176. The van der Waals surface area contributed by atoms with Crippen molar-refractivity contribution in [2.45, 2.75) is 18.9 Å². The van der Waals surface area contributed by atoms with Crippen LogP contribution in [0.25, 0.3) is 0 Å². The van der Waals surface area contributed by atoms with Crippen molar-refractivity contribution in [3.8, 4) is 0 Å². The van der Waals surface area contributed by atoms with E-state index in [4.69, 9.17) is 11.6 Å². The van der Waals surface area contributed by atoms with Crippen LogP contribution < -0.4 is 10.6 Å². The first-order valence-corrected chi connectivity index (χ1v) is 7.98. The lowest BCUT2D eigenvalue weighted by Gasteiger charge is -2.11. The number of rotatable bonds is 5. The van der Waals surface area contributed by atoms with E-state index in [0.717, 1.165) is 18.9 Å². The van der Waals surface area contributed by atoms with Gasteiger partial charge in [0.1, 0.15) is 0 Å². The number of non-ortho nitro benzene ring substituents is 1. The number of para-hydroxylation sites is 1. The van der Waals surface area contributed by atoms with Gasteiger partial charge in [-0.2, -0.15) is 0 Å². The minimum atomic E-state index is -0.625.